The van der Waals surface area contributed by atoms with Crippen LogP contribution in [0.15, 0.2) is 30.5 Å². The van der Waals surface area contributed by atoms with Gasteiger partial charge < -0.3 is 4.57 Å². The van der Waals surface area contributed by atoms with Crippen molar-refractivity contribution in [3.05, 3.63) is 41.7 Å². The minimum absolute atomic E-state index is 0.361. The number of aromatic nitrogens is 2. The van der Waals surface area contributed by atoms with Gasteiger partial charge in [-0.05, 0) is 13.0 Å². The van der Waals surface area contributed by atoms with Gasteiger partial charge in [-0.2, -0.15) is 5.26 Å². The van der Waals surface area contributed by atoms with E-state index in [-0.39, 0.29) is 0 Å². The highest BCUT2D eigenvalue weighted by Crippen LogP contribution is 2.19. The first-order valence-electron chi connectivity index (χ1n) is 5.17. The average molecular weight is 211 g/mol. The SMILES string of the molecule is Cc1cccc(-c2nc(CC#N)cn2C)c1. The molecule has 0 unspecified atom stereocenters. The Morgan fingerprint density at radius 3 is 2.94 bits per heavy atom. The van der Waals surface area contributed by atoms with E-state index in [1.807, 2.05) is 29.9 Å². The smallest absolute Gasteiger partial charge is 0.140 e. The molecule has 3 nitrogen and oxygen atoms in total. The fourth-order valence-corrected chi connectivity index (χ4v) is 1.75. The Morgan fingerprint density at radius 2 is 2.25 bits per heavy atom. The molecule has 3 heteroatoms. The predicted molar refractivity (Wildman–Crippen MR) is 62.7 cm³/mol. The third-order valence-corrected chi connectivity index (χ3v) is 2.46. The van der Waals surface area contributed by atoms with Crippen LogP contribution in [0.4, 0.5) is 0 Å². The Kier molecular flexibility index (Phi) is 2.74. The lowest BCUT2D eigenvalue weighted by atomic mass is 10.1. The van der Waals surface area contributed by atoms with Crippen molar-refractivity contribution in [3.8, 4) is 17.5 Å². The topological polar surface area (TPSA) is 41.6 Å². The summed E-state index contributed by atoms with van der Waals surface area (Å²) in [5.74, 6) is 0.911. The van der Waals surface area contributed by atoms with Crippen LogP contribution in [-0.2, 0) is 13.5 Å². The molecule has 1 heterocycles. The molecule has 0 atom stereocenters. The largest absolute Gasteiger partial charge is 0.334 e. The van der Waals surface area contributed by atoms with E-state index >= 15 is 0 Å². The van der Waals surface area contributed by atoms with E-state index in [2.05, 4.69) is 30.1 Å². The Labute approximate surface area is 95.0 Å². The first-order chi connectivity index (χ1) is 7.70. The Morgan fingerprint density at radius 1 is 1.44 bits per heavy atom. The van der Waals surface area contributed by atoms with E-state index in [9.17, 15) is 0 Å². The molecule has 0 aliphatic heterocycles. The molecule has 2 rings (SSSR count). The fraction of sp³-hybridized carbons (Fsp3) is 0.231. The van der Waals surface area contributed by atoms with Crippen LogP contribution in [0.1, 0.15) is 11.3 Å². The van der Waals surface area contributed by atoms with Gasteiger partial charge in [-0.1, -0.05) is 23.8 Å². The number of aryl methyl sites for hydroxylation is 2. The summed E-state index contributed by atoms with van der Waals surface area (Å²) in [6, 6.07) is 10.3. The maximum Gasteiger partial charge on any atom is 0.140 e. The molecule has 1 aromatic heterocycles. The number of rotatable bonds is 2. The maximum absolute atomic E-state index is 8.64. The van der Waals surface area contributed by atoms with Crippen molar-refractivity contribution in [2.45, 2.75) is 13.3 Å². The quantitative estimate of drug-likeness (QED) is 0.765. The molecule has 0 spiro atoms. The van der Waals surface area contributed by atoms with Crippen LogP contribution in [-0.4, -0.2) is 9.55 Å². The Balaban J connectivity index is 2.44. The highest BCUT2D eigenvalue weighted by Gasteiger charge is 2.07. The number of imidazole rings is 1. The van der Waals surface area contributed by atoms with Gasteiger partial charge in [0, 0.05) is 18.8 Å². The third-order valence-electron chi connectivity index (χ3n) is 2.46. The molecule has 16 heavy (non-hydrogen) atoms. The molecule has 2 aromatic rings. The fourth-order valence-electron chi connectivity index (χ4n) is 1.75. The predicted octanol–water partition coefficient (Wildman–Crippen LogP) is 2.46. The highest BCUT2D eigenvalue weighted by atomic mass is 15.0. The molecule has 80 valence electrons. The van der Waals surface area contributed by atoms with E-state index < -0.39 is 0 Å². The molecule has 0 aliphatic rings. The van der Waals surface area contributed by atoms with Crippen molar-refractivity contribution >= 4 is 0 Å². The number of benzene rings is 1. The molecule has 0 amide bonds. The lowest BCUT2D eigenvalue weighted by Crippen LogP contribution is -1.91. The zero-order valence-electron chi connectivity index (χ0n) is 9.44. The van der Waals surface area contributed by atoms with Gasteiger partial charge in [0.05, 0.1) is 18.2 Å². The Bertz CT molecular complexity index is 547. The van der Waals surface area contributed by atoms with Crippen molar-refractivity contribution in [1.29, 1.82) is 5.26 Å². The molecule has 0 N–H and O–H groups in total. The van der Waals surface area contributed by atoms with Crippen molar-refractivity contribution in [2.24, 2.45) is 7.05 Å². The zero-order chi connectivity index (χ0) is 11.5. The summed E-state index contributed by atoms with van der Waals surface area (Å²) in [7, 11) is 1.95. The van der Waals surface area contributed by atoms with Crippen LogP contribution in [0, 0.1) is 18.3 Å². The summed E-state index contributed by atoms with van der Waals surface area (Å²) in [5.41, 5.74) is 3.12. The van der Waals surface area contributed by atoms with E-state index in [1.165, 1.54) is 5.56 Å². The number of nitrogens with zero attached hydrogens (tertiary/aromatic N) is 3. The van der Waals surface area contributed by atoms with Crippen LogP contribution in [0.5, 0.6) is 0 Å². The average Bonchev–Trinajstić information content (AvgIpc) is 2.60. The second-order valence-electron chi connectivity index (χ2n) is 3.87. The van der Waals surface area contributed by atoms with Gasteiger partial charge in [0.15, 0.2) is 0 Å². The second-order valence-corrected chi connectivity index (χ2v) is 3.87. The van der Waals surface area contributed by atoms with Crippen LogP contribution in [0.25, 0.3) is 11.4 Å². The number of hydrogen-bond donors (Lipinski definition) is 0. The van der Waals surface area contributed by atoms with Crippen molar-refractivity contribution in [1.82, 2.24) is 9.55 Å². The second kappa shape index (κ2) is 4.19. The molecule has 1 aromatic carbocycles. The van der Waals surface area contributed by atoms with E-state index in [0.29, 0.717) is 6.42 Å². The molecule has 0 saturated heterocycles. The lowest BCUT2D eigenvalue weighted by molar-refractivity contribution is 0.923. The van der Waals surface area contributed by atoms with Gasteiger partial charge in [-0.15, -0.1) is 0 Å². The third kappa shape index (κ3) is 1.96. The Hall–Kier alpha value is -2.08. The van der Waals surface area contributed by atoms with Gasteiger partial charge in [0.1, 0.15) is 5.82 Å². The summed E-state index contributed by atoms with van der Waals surface area (Å²) in [6.45, 7) is 2.06. The summed E-state index contributed by atoms with van der Waals surface area (Å²) in [6.07, 6.45) is 2.26. The maximum atomic E-state index is 8.64. The van der Waals surface area contributed by atoms with Crippen molar-refractivity contribution in [3.63, 3.8) is 0 Å². The summed E-state index contributed by atoms with van der Waals surface area (Å²) in [4.78, 5) is 4.45. The van der Waals surface area contributed by atoms with E-state index in [1.54, 1.807) is 0 Å². The minimum Gasteiger partial charge on any atom is -0.334 e. The monoisotopic (exact) mass is 211 g/mol. The van der Waals surface area contributed by atoms with Gasteiger partial charge in [-0.25, -0.2) is 4.98 Å². The van der Waals surface area contributed by atoms with Gasteiger partial charge >= 0.3 is 0 Å². The molecule has 0 aliphatic carbocycles. The standard InChI is InChI=1S/C13H13N3/c1-10-4-3-5-11(8-10)13-15-12(6-7-14)9-16(13)2/h3-5,8-9H,6H2,1-2H3. The minimum atomic E-state index is 0.361. The molecular formula is C13H13N3. The number of nitriles is 1. The molecule has 0 bridgehead atoms. The molecule has 0 fully saturated rings. The molecular weight excluding hydrogens is 198 g/mol. The van der Waals surface area contributed by atoms with Crippen LogP contribution >= 0.6 is 0 Å². The normalized spacial score (nSPS) is 10.1. The van der Waals surface area contributed by atoms with Gasteiger partial charge in [0.2, 0.25) is 0 Å². The van der Waals surface area contributed by atoms with E-state index in [4.69, 9.17) is 5.26 Å². The van der Waals surface area contributed by atoms with Crippen molar-refractivity contribution < 1.29 is 0 Å². The highest BCUT2D eigenvalue weighted by molar-refractivity contribution is 5.57. The first-order valence-corrected chi connectivity index (χ1v) is 5.17. The first kappa shape index (κ1) is 10.4. The van der Waals surface area contributed by atoms with Crippen LogP contribution in [0.2, 0.25) is 0 Å². The summed E-state index contributed by atoms with van der Waals surface area (Å²) >= 11 is 0. The van der Waals surface area contributed by atoms with Crippen LogP contribution in [0.3, 0.4) is 0 Å². The number of hydrogen-bond acceptors (Lipinski definition) is 2. The van der Waals surface area contributed by atoms with Crippen LogP contribution < -0.4 is 0 Å². The van der Waals surface area contributed by atoms with Gasteiger partial charge in [0.25, 0.3) is 0 Å². The summed E-state index contributed by atoms with van der Waals surface area (Å²) < 4.78 is 1.96. The zero-order valence-corrected chi connectivity index (χ0v) is 9.44. The lowest BCUT2D eigenvalue weighted by Gasteiger charge is -2.01. The summed E-state index contributed by atoms with van der Waals surface area (Å²) in [5, 5.41) is 8.64. The molecule has 0 radical (unpaired) electrons. The van der Waals surface area contributed by atoms with Gasteiger partial charge in [-0.3, -0.25) is 0 Å². The van der Waals surface area contributed by atoms with Crippen molar-refractivity contribution in [2.75, 3.05) is 0 Å². The van der Waals surface area contributed by atoms with E-state index in [0.717, 1.165) is 17.1 Å². The molecule has 0 saturated carbocycles.